The van der Waals surface area contributed by atoms with E-state index in [1.54, 1.807) is 44.3 Å². The van der Waals surface area contributed by atoms with E-state index in [9.17, 15) is 4.79 Å². The Morgan fingerprint density at radius 1 is 1.25 bits per heavy atom. The summed E-state index contributed by atoms with van der Waals surface area (Å²) in [5, 5.41) is 4.34. The van der Waals surface area contributed by atoms with Gasteiger partial charge in [0.05, 0.1) is 26.4 Å². The Kier molecular flexibility index (Phi) is 4.89. The molecule has 0 fully saturated rings. The van der Waals surface area contributed by atoms with Gasteiger partial charge in [0.1, 0.15) is 5.01 Å². The fraction of sp³-hybridized carbons (Fsp3) is 0.188. The van der Waals surface area contributed by atoms with E-state index in [4.69, 9.17) is 27.9 Å². The van der Waals surface area contributed by atoms with Gasteiger partial charge in [0.2, 0.25) is 0 Å². The summed E-state index contributed by atoms with van der Waals surface area (Å²) in [6.45, 7) is 3.55. The molecule has 0 aliphatic carbocycles. The number of hydrogen-bond donors (Lipinski definition) is 1. The van der Waals surface area contributed by atoms with E-state index in [1.807, 2.05) is 0 Å². The van der Waals surface area contributed by atoms with E-state index in [-0.39, 0.29) is 6.10 Å². The van der Waals surface area contributed by atoms with Gasteiger partial charge >= 0.3 is 6.09 Å². The number of thiazole rings is 1. The molecule has 0 saturated heterocycles. The number of pyridine rings is 1. The number of nitrogens with one attached hydrogen (secondary N) is 1. The van der Waals surface area contributed by atoms with Gasteiger partial charge in [-0.25, -0.2) is 14.8 Å². The van der Waals surface area contributed by atoms with Crippen LogP contribution in [0.4, 0.5) is 10.6 Å². The average molecular weight is 382 g/mol. The predicted octanol–water partition coefficient (Wildman–Crippen LogP) is 5.62. The van der Waals surface area contributed by atoms with Crippen molar-refractivity contribution in [3.8, 4) is 10.6 Å². The SMILES string of the molecule is CC(C)OC(=O)Nc1nccc2nc(-c3c(Cl)cccc3Cl)sc12. The lowest BCUT2D eigenvalue weighted by atomic mass is 10.2. The monoisotopic (exact) mass is 381 g/mol. The number of fused-ring (bicyclic) bond motifs is 1. The quantitative estimate of drug-likeness (QED) is 0.638. The van der Waals surface area contributed by atoms with E-state index in [0.717, 1.165) is 4.70 Å². The molecular weight excluding hydrogens is 369 g/mol. The second-order valence-corrected chi connectivity index (χ2v) is 7.02. The Bertz CT molecular complexity index is 891. The highest BCUT2D eigenvalue weighted by molar-refractivity contribution is 7.22. The predicted molar refractivity (Wildman–Crippen MR) is 98.1 cm³/mol. The lowest BCUT2D eigenvalue weighted by Gasteiger charge is -2.08. The number of aromatic nitrogens is 2. The number of benzene rings is 1. The van der Waals surface area contributed by atoms with Crippen LogP contribution in [0.5, 0.6) is 0 Å². The third-order valence-corrected chi connectivity index (χ3v) is 4.77. The summed E-state index contributed by atoms with van der Waals surface area (Å²) in [6.07, 6.45) is 0.796. The van der Waals surface area contributed by atoms with Crippen molar-refractivity contribution in [2.45, 2.75) is 20.0 Å². The number of amides is 1. The minimum atomic E-state index is -0.560. The van der Waals surface area contributed by atoms with E-state index in [1.165, 1.54) is 11.3 Å². The average Bonchev–Trinajstić information content (AvgIpc) is 2.90. The Morgan fingerprint density at radius 2 is 1.96 bits per heavy atom. The van der Waals surface area contributed by atoms with Crippen molar-refractivity contribution in [2.75, 3.05) is 5.32 Å². The molecule has 1 aromatic carbocycles. The number of nitrogens with zero attached hydrogens (tertiary/aromatic N) is 2. The van der Waals surface area contributed by atoms with Gasteiger partial charge in [-0.3, -0.25) is 5.32 Å². The molecule has 2 heterocycles. The van der Waals surface area contributed by atoms with Crippen LogP contribution < -0.4 is 5.32 Å². The minimum absolute atomic E-state index is 0.219. The van der Waals surface area contributed by atoms with E-state index < -0.39 is 6.09 Å². The third kappa shape index (κ3) is 3.45. The van der Waals surface area contributed by atoms with Gasteiger partial charge in [0.15, 0.2) is 5.82 Å². The summed E-state index contributed by atoms with van der Waals surface area (Å²) in [6, 6.07) is 7.05. The van der Waals surface area contributed by atoms with Crippen molar-refractivity contribution >= 4 is 56.7 Å². The first-order valence-corrected chi connectivity index (χ1v) is 8.70. The van der Waals surface area contributed by atoms with Gasteiger partial charge in [0, 0.05) is 11.8 Å². The summed E-state index contributed by atoms with van der Waals surface area (Å²) in [4.78, 5) is 20.6. The molecule has 124 valence electrons. The highest BCUT2D eigenvalue weighted by Gasteiger charge is 2.17. The summed E-state index contributed by atoms with van der Waals surface area (Å²) < 4.78 is 5.81. The van der Waals surface area contributed by atoms with Crippen molar-refractivity contribution < 1.29 is 9.53 Å². The van der Waals surface area contributed by atoms with Crippen molar-refractivity contribution in [2.24, 2.45) is 0 Å². The van der Waals surface area contributed by atoms with Crippen molar-refractivity contribution in [3.05, 3.63) is 40.5 Å². The van der Waals surface area contributed by atoms with Crippen LogP contribution in [0, 0.1) is 0 Å². The Balaban J connectivity index is 2.03. The number of carbonyl (C=O) groups excluding carboxylic acids is 1. The third-order valence-electron chi connectivity index (χ3n) is 3.04. The summed E-state index contributed by atoms with van der Waals surface area (Å²) >= 11 is 13.9. The molecule has 0 aliphatic rings. The fourth-order valence-corrected chi connectivity index (χ4v) is 3.86. The maximum Gasteiger partial charge on any atom is 0.413 e. The second-order valence-electron chi connectivity index (χ2n) is 5.20. The number of carbonyl (C=O) groups is 1. The largest absolute Gasteiger partial charge is 0.447 e. The van der Waals surface area contributed by atoms with Gasteiger partial charge in [-0.15, -0.1) is 11.3 Å². The van der Waals surface area contributed by atoms with E-state index in [0.29, 0.717) is 32.0 Å². The van der Waals surface area contributed by atoms with Crippen molar-refractivity contribution in [1.82, 2.24) is 9.97 Å². The molecule has 3 rings (SSSR count). The molecule has 24 heavy (non-hydrogen) atoms. The van der Waals surface area contributed by atoms with Crippen LogP contribution in [0.15, 0.2) is 30.5 Å². The molecule has 8 heteroatoms. The molecule has 0 saturated carbocycles. The smallest absolute Gasteiger partial charge is 0.413 e. The Labute approximate surface area is 152 Å². The first-order valence-electron chi connectivity index (χ1n) is 7.13. The fourth-order valence-electron chi connectivity index (χ4n) is 2.09. The van der Waals surface area contributed by atoms with Crippen LogP contribution in [-0.4, -0.2) is 22.2 Å². The number of hydrogen-bond acceptors (Lipinski definition) is 5. The Morgan fingerprint density at radius 3 is 2.62 bits per heavy atom. The molecule has 1 amide bonds. The zero-order valence-electron chi connectivity index (χ0n) is 12.8. The van der Waals surface area contributed by atoms with Crippen LogP contribution in [0.2, 0.25) is 10.0 Å². The molecule has 0 spiro atoms. The lowest BCUT2D eigenvalue weighted by Crippen LogP contribution is -2.18. The molecule has 0 atom stereocenters. The van der Waals surface area contributed by atoms with Gasteiger partial charge in [-0.05, 0) is 32.0 Å². The molecule has 0 bridgehead atoms. The van der Waals surface area contributed by atoms with Crippen LogP contribution in [0.25, 0.3) is 20.8 Å². The minimum Gasteiger partial charge on any atom is -0.447 e. The Hall–Kier alpha value is -1.89. The van der Waals surface area contributed by atoms with Crippen LogP contribution in [0.1, 0.15) is 13.8 Å². The van der Waals surface area contributed by atoms with Crippen LogP contribution >= 0.6 is 34.5 Å². The van der Waals surface area contributed by atoms with E-state index >= 15 is 0 Å². The highest BCUT2D eigenvalue weighted by Crippen LogP contribution is 2.40. The number of anilines is 1. The van der Waals surface area contributed by atoms with Crippen molar-refractivity contribution in [1.29, 1.82) is 0 Å². The summed E-state index contributed by atoms with van der Waals surface area (Å²) in [7, 11) is 0. The molecule has 2 aromatic heterocycles. The lowest BCUT2D eigenvalue weighted by molar-refractivity contribution is 0.130. The van der Waals surface area contributed by atoms with Crippen LogP contribution in [-0.2, 0) is 4.74 Å². The van der Waals surface area contributed by atoms with Gasteiger partial charge < -0.3 is 4.74 Å². The maximum atomic E-state index is 11.8. The molecule has 1 N–H and O–H groups in total. The summed E-state index contributed by atoms with van der Waals surface area (Å²) in [5.41, 5.74) is 1.36. The second kappa shape index (κ2) is 6.93. The molecular formula is C16H13Cl2N3O2S. The molecule has 3 aromatic rings. The normalized spacial score (nSPS) is 11.0. The number of ether oxygens (including phenoxy) is 1. The zero-order chi connectivity index (χ0) is 17.3. The highest BCUT2D eigenvalue weighted by atomic mass is 35.5. The van der Waals surface area contributed by atoms with Gasteiger partial charge in [0.25, 0.3) is 0 Å². The summed E-state index contributed by atoms with van der Waals surface area (Å²) in [5.74, 6) is 0.394. The number of rotatable bonds is 3. The molecule has 0 aliphatic heterocycles. The first-order chi connectivity index (χ1) is 11.5. The first kappa shape index (κ1) is 17.0. The molecule has 5 nitrogen and oxygen atoms in total. The molecule has 0 radical (unpaired) electrons. The molecule has 0 unspecified atom stereocenters. The van der Waals surface area contributed by atoms with E-state index in [2.05, 4.69) is 15.3 Å². The zero-order valence-corrected chi connectivity index (χ0v) is 15.2. The van der Waals surface area contributed by atoms with Crippen LogP contribution in [0.3, 0.4) is 0 Å². The number of halogens is 2. The standard InChI is InChI=1S/C16H13Cl2N3O2S/c1-8(2)23-16(22)21-14-13-11(6-7-19-14)20-15(24-13)12-9(17)4-3-5-10(12)18/h3-8H,1-2H3,(H,19,21,22). The van der Waals surface area contributed by atoms with Gasteiger partial charge in [-0.2, -0.15) is 0 Å². The topological polar surface area (TPSA) is 64.1 Å². The van der Waals surface area contributed by atoms with Gasteiger partial charge in [-0.1, -0.05) is 29.3 Å². The maximum absolute atomic E-state index is 11.8. The van der Waals surface area contributed by atoms with Crippen molar-refractivity contribution in [3.63, 3.8) is 0 Å².